The Morgan fingerprint density at radius 3 is 2.65 bits per heavy atom. The summed E-state index contributed by atoms with van der Waals surface area (Å²) in [6, 6.07) is 14.2. The molecule has 3 rings (SSSR count). The zero-order valence-electron chi connectivity index (χ0n) is 13.9. The average Bonchev–Trinajstić information content (AvgIpc) is 3.03. The number of aromatic nitrogens is 2. The summed E-state index contributed by atoms with van der Waals surface area (Å²) in [4.78, 5) is 9.98. The minimum atomic E-state index is -3.97. The van der Waals surface area contributed by atoms with Crippen LogP contribution in [0.15, 0.2) is 65.7 Å². The van der Waals surface area contributed by atoms with Crippen LogP contribution in [0.2, 0.25) is 0 Å². The molecular formula is C17H16N4O4S. The second kappa shape index (κ2) is 6.96. The molecule has 2 aromatic carbocycles. The molecule has 1 heterocycles. The van der Waals surface area contributed by atoms with E-state index in [1.54, 1.807) is 10.9 Å². The van der Waals surface area contributed by atoms with Crippen LogP contribution in [0.5, 0.6) is 0 Å². The van der Waals surface area contributed by atoms with Crippen LogP contribution in [0, 0.1) is 17.0 Å². The van der Waals surface area contributed by atoms with Crippen molar-refractivity contribution in [3.8, 4) is 0 Å². The second-order valence-electron chi connectivity index (χ2n) is 5.69. The van der Waals surface area contributed by atoms with Gasteiger partial charge >= 0.3 is 0 Å². The molecule has 0 unspecified atom stereocenters. The number of rotatable bonds is 6. The lowest BCUT2D eigenvalue weighted by Gasteiger charge is -2.07. The van der Waals surface area contributed by atoms with Gasteiger partial charge in [-0.1, -0.05) is 30.3 Å². The van der Waals surface area contributed by atoms with E-state index in [-0.39, 0.29) is 16.4 Å². The molecule has 3 aromatic rings. The number of aryl methyl sites for hydroxylation is 1. The predicted molar refractivity (Wildman–Crippen MR) is 96.4 cm³/mol. The molecule has 0 amide bonds. The number of nitrogens with one attached hydrogen (secondary N) is 1. The fourth-order valence-corrected chi connectivity index (χ4v) is 3.46. The van der Waals surface area contributed by atoms with E-state index >= 15 is 0 Å². The quantitative estimate of drug-likeness (QED) is 0.529. The highest BCUT2D eigenvalue weighted by atomic mass is 32.2. The highest BCUT2D eigenvalue weighted by molar-refractivity contribution is 7.92. The maximum absolute atomic E-state index is 12.4. The lowest BCUT2D eigenvalue weighted by molar-refractivity contribution is -0.385. The molecule has 0 spiro atoms. The largest absolute Gasteiger partial charge is 0.270 e. The van der Waals surface area contributed by atoms with E-state index in [9.17, 15) is 18.5 Å². The molecule has 0 fully saturated rings. The van der Waals surface area contributed by atoms with Crippen molar-refractivity contribution in [2.24, 2.45) is 0 Å². The third-order valence-corrected chi connectivity index (χ3v) is 5.16. The third-order valence-electron chi connectivity index (χ3n) is 3.81. The van der Waals surface area contributed by atoms with Crippen LogP contribution < -0.4 is 4.72 Å². The van der Waals surface area contributed by atoms with Crippen molar-refractivity contribution in [1.82, 2.24) is 9.78 Å². The lowest BCUT2D eigenvalue weighted by atomic mass is 10.1. The molecule has 9 heteroatoms. The minimum absolute atomic E-state index is 0.144. The highest BCUT2D eigenvalue weighted by Crippen LogP contribution is 2.20. The Balaban J connectivity index is 1.79. The zero-order chi connectivity index (χ0) is 18.7. The molecule has 134 valence electrons. The number of anilines is 1. The molecular weight excluding hydrogens is 356 g/mol. The van der Waals surface area contributed by atoms with E-state index < -0.39 is 14.9 Å². The minimum Gasteiger partial charge on any atom is -0.266 e. The monoisotopic (exact) mass is 372 g/mol. The van der Waals surface area contributed by atoms with Crippen molar-refractivity contribution in [3.05, 3.63) is 82.0 Å². The summed E-state index contributed by atoms with van der Waals surface area (Å²) < 4.78 is 28.8. The van der Waals surface area contributed by atoms with Crippen LogP contribution >= 0.6 is 0 Å². The van der Waals surface area contributed by atoms with E-state index in [0.717, 1.165) is 17.2 Å². The highest BCUT2D eigenvalue weighted by Gasteiger charge is 2.18. The summed E-state index contributed by atoms with van der Waals surface area (Å²) in [6.45, 7) is 2.50. The molecule has 26 heavy (non-hydrogen) atoms. The van der Waals surface area contributed by atoms with Gasteiger partial charge in [0.1, 0.15) is 0 Å². The molecule has 0 saturated carbocycles. The van der Waals surface area contributed by atoms with Crippen molar-refractivity contribution in [2.75, 3.05) is 4.72 Å². The fraction of sp³-hybridized carbons (Fsp3) is 0.118. The number of benzene rings is 2. The first-order valence-electron chi connectivity index (χ1n) is 7.70. The number of hydrogen-bond donors (Lipinski definition) is 1. The lowest BCUT2D eigenvalue weighted by Crippen LogP contribution is -2.14. The summed E-state index contributed by atoms with van der Waals surface area (Å²) in [5.74, 6) is 0.144. The topological polar surface area (TPSA) is 107 Å². The SMILES string of the molecule is Cc1ccccc1Cn1ccc(NS(=O)(=O)c2cccc([N+](=O)[O-])c2)n1. The number of sulfonamides is 1. The predicted octanol–water partition coefficient (Wildman–Crippen LogP) is 2.95. The molecule has 0 aliphatic heterocycles. The number of nitrogens with zero attached hydrogens (tertiary/aromatic N) is 3. The van der Waals surface area contributed by atoms with Gasteiger partial charge < -0.3 is 0 Å². The molecule has 0 aliphatic rings. The Morgan fingerprint density at radius 2 is 1.92 bits per heavy atom. The van der Waals surface area contributed by atoms with Crippen LogP contribution in [0.3, 0.4) is 0 Å². The Morgan fingerprint density at radius 1 is 1.15 bits per heavy atom. The van der Waals surface area contributed by atoms with Crippen LogP contribution in [-0.2, 0) is 16.6 Å². The first kappa shape index (κ1) is 17.6. The van der Waals surface area contributed by atoms with Gasteiger partial charge in [-0.15, -0.1) is 0 Å². The maximum Gasteiger partial charge on any atom is 0.270 e. The summed E-state index contributed by atoms with van der Waals surface area (Å²) in [5, 5.41) is 15.0. The van der Waals surface area contributed by atoms with Gasteiger partial charge in [-0.05, 0) is 24.1 Å². The van der Waals surface area contributed by atoms with Gasteiger partial charge in [0.2, 0.25) is 0 Å². The number of hydrogen-bond acceptors (Lipinski definition) is 5. The molecule has 8 nitrogen and oxygen atoms in total. The first-order valence-corrected chi connectivity index (χ1v) is 9.19. The van der Waals surface area contributed by atoms with Crippen molar-refractivity contribution in [3.63, 3.8) is 0 Å². The van der Waals surface area contributed by atoms with Crippen LogP contribution in [0.1, 0.15) is 11.1 Å². The Hall–Kier alpha value is -3.20. The van der Waals surface area contributed by atoms with E-state index in [4.69, 9.17) is 0 Å². The number of non-ortho nitro benzene ring substituents is 1. The second-order valence-corrected chi connectivity index (χ2v) is 7.37. The van der Waals surface area contributed by atoms with E-state index in [0.29, 0.717) is 6.54 Å². The molecule has 0 radical (unpaired) electrons. The van der Waals surface area contributed by atoms with Gasteiger partial charge in [-0.2, -0.15) is 5.10 Å². The van der Waals surface area contributed by atoms with Crippen LogP contribution in [0.25, 0.3) is 0 Å². The van der Waals surface area contributed by atoms with E-state index in [1.165, 1.54) is 24.3 Å². The third kappa shape index (κ3) is 3.89. The fourth-order valence-electron chi connectivity index (χ4n) is 2.43. The molecule has 0 atom stereocenters. The molecule has 0 saturated heterocycles. The summed E-state index contributed by atoms with van der Waals surface area (Å²) in [7, 11) is -3.97. The van der Waals surface area contributed by atoms with Crippen molar-refractivity contribution in [1.29, 1.82) is 0 Å². The molecule has 0 bridgehead atoms. The van der Waals surface area contributed by atoms with Gasteiger partial charge in [-0.3, -0.25) is 19.5 Å². The van der Waals surface area contributed by atoms with Gasteiger partial charge in [-0.25, -0.2) is 8.42 Å². The standard InChI is InChI=1S/C17H16N4O4S/c1-13-5-2-3-6-14(13)12-20-10-9-17(18-20)19-26(24,25)16-8-4-7-15(11-16)21(22)23/h2-11H,12H2,1H3,(H,18,19). The van der Waals surface area contributed by atoms with Crippen LogP contribution in [-0.4, -0.2) is 23.1 Å². The molecule has 1 N–H and O–H groups in total. The number of nitro groups is 1. The smallest absolute Gasteiger partial charge is 0.266 e. The van der Waals surface area contributed by atoms with Gasteiger partial charge in [0.05, 0.1) is 16.4 Å². The Bertz CT molecular complexity index is 1060. The van der Waals surface area contributed by atoms with Crippen molar-refractivity contribution >= 4 is 21.5 Å². The Kier molecular flexibility index (Phi) is 4.72. The van der Waals surface area contributed by atoms with Crippen molar-refractivity contribution in [2.45, 2.75) is 18.4 Å². The zero-order valence-corrected chi connectivity index (χ0v) is 14.7. The van der Waals surface area contributed by atoms with E-state index in [1.807, 2.05) is 31.2 Å². The van der Waals surface area contributed by atoms with Gasteiger partial charge in [0, 0.05) is 24.4 Å². The van der Waals surface area contributed by atoms with Gasteiger partial charge in [0.25, 0.3) is 15.7 Å². The number of nitro benzene ring substituents is 1. The van der Waals surface area contributed by atoms with Crippen molar-refractivity contribution < 1.29 is 13.3 Å². The maximum atomic E-state index is 12.4. The van der Waals surface area contributed by atoms with E-state index in [2.05, 4.69) is 9.82 Å². The van der Waals surface area contributed by atoms with Gasteiger partial charge in [0.15, 0.2) is 5.82 Å². The Labute approximate surface area is 150 Å². The molecule has 1 aromatic heterocycles. The van der Waals surface area contributed by atoms with Crippen LogP contribution in [0.4, 0.5) is 11.5 Å². The summed E-state index contributed by atoms with van der Waals surface area (Å²) >= 11 is 0. The first-order chi connectivity index (χ1) is 12.3. The normalized spacial score (nSPS) is 11.3. The summed E-state index contributed by atoms with van der Waals surface area (Å²) in [5.41, 5.74) is 1.89. The molecule has 0 aliphatic carbocycles. The average molecular weight is 372 g/mol. The summed E-state index contributed by atoms with van der Waals surface area (Å²) in [6.07, 6.45) is 1.66.